The van der Waals surface area contributed by atoms with Crippen molar-refractivity contribution in [2.24, 2.45) is 0 Å². The zero-order chi connectivity index (χ0) is 25.1. The minimum atomic E-state index is -0.479. The third-order valence-corrected chi connectivity index (χ3v) is 7.34. The lowest BCUT2D eigenvalue weighted by molar-refractivity contribution is -0.140. The number of halogens is 2. The zero-order valence-electron chi connectivity index (χ0n) is 19.9. The molecule has 2 aromatic rings. The van der Waals surface area contributed by atoms with Crippen molar-refractivity contribution in [1.82, 2.24) is 9.80 Å². The molecule has 4 rings (SSSR count). The Morgan fingerprint density at radius 3 is 2.34 bits per heavy atom. The van der Waals surface area contributed by atoms with Crippen LogP contribution in [0.1, 0.15) is 60.5 Å². The zero-order valence-corrected chi connectivity index (χ0v) is 21.4. The van der Waals surface area contributed by atoms with Crippen molar-refractivity contribution in [3.8, 4) is 0 Å². The van der Waals surface area contributed by atoms with Crippen molar-refractivity contribution in [3.05, 3.63) is 80.5 Å². The number of carbonyl (C=O) groups excluding carboxylic acids is 3. The van der Waals surface area contributed by atoms with E-state index in [4.69, 9.17) is 27.9 Å². The van der Waals surface area contributed by atoms with Gasteiger partial charge >= 0.3 is 5.97 Å². The molecule has 35 heavy (non-hydrogen) atoms. The van der Waals surface area contributed by atoms with Crippen LogP contribution in [-0.2, 0) is 20.9 Å². The molecular weight excluding hydrogens is 487 g/mol. The van der Waals surface area contributed by atoms with Crippen LogP contribution in [0.2, 0.25) is 10.0 Å². The van der Waals surface area contributed by atoms with Crippen molar-refractivity contribution in [3.63, 3.8) is 0 Å². The molecule has 2 aliphatic rings. The van der Waals surface area contributed by atoms with Gasteiger partial charge in [0.1, 0.15) is 0 Å². The highest BCUT2D eigenvalue weighted by Gasteiger charge is 2.37. The van der Waals surface area contributed by atoms with Gasteiger partial charge in [0.15, 0.2) is 0 Å². The van der Waals surface area contributed by atoms with Crippen molar-refractivity contribution in [2.45, 2.75) is 45.6 Å². The van der Waals surface area contributed by atoms with Gasteiger partial charge in [-0.05, 0) is 62.1 Å². The Balaban J connectivity index is 1.61. The first-order valence-electron chi connectivity index (χ1n) is 11.8. The van der Waals surface area contributed by atoms with E-state index in [2.05, 4.69) is 0 Å². The molecular formula is C27H28Cl2N2O4. The average molecular weight is 515 g/mol. The monoisotopic (exact) mass is 514 g/mol. The van der Waals surface area contributed by atoms with Gasteiger partial charge in [0.25, 0.3) is 5.91 Å². The maximum atomic E-state index is 13.2. The number of ether oxygens (including phenoxy) is 1. The third kappa shape index (κ3) is 5.39. The molecule has 2 heterocycles. The Morgan fingerprint density at radius 1 is 1.03 bits per heavy atom. The molecule has 2 amide bonds. The van der Waals surface area contributed by atoms with Gasteiger partial charge in [-0.2, -0.15) is 0 Å². The van der Waals surface area contributed by atoms with E-state index in [1.165, 1.54) is 0 Å². The van der Waals surface area contributed by atoms with Crippen LogP contribution >= 0.6 is 23.2 Å². The van der Waals surface area contributed by atoms with Gasteiger partial charge in [0, 0.05) is 36.7 Å². The van der Waals surface area contributed by atoms with Crippen molar-refractivity contribution >= 4 is 41.0 Å². The Bertz CT molecular complexity index is 1170. The summed E-state index contributed by atoms with van der Waals surface area (Å²) < 4.78 is 5.35. The van der Waals surface area contributed by atoms with E-state index in [-0.39, 0.29) is 24.8 Å². The highest BCUT2D eigenvalue weighted by atomic mass is 35.5. The predicted molar refractivity (Wildman–Crippen MR) is 135 cm³/mol. The number of allylic oxidation sites excluding steroid dienone is 1. The second-order valence-corrected chi connectivity index (χ2v) is 9.64. The van der Waals surface area contributed by atoms with Crippen LogP contribution in [-0.4, -0.2) is 47.3 Å². The predicted octanol–water partition coefficient (Wildman–Crippen LogP) is 5.58. The summed E-state index contributed by atoms with van der Waals surface area (Å²) in [5, 5.41) is 0.771. The minimum Gasteiger partial charge on any atom is -0.463 e. The summed E-state index contributed by atoms with van der Waals surface area (Å²) in [7, 11) is 0. The number of benzene rings is 2. The lowest BCUT2D eigenvalue weighted by Crippen LogP contribution is -2.38. The Kier molecular flexibility index (Phi) is 7.82. The van der Waals surface area contributed by atoms with E-state index in [1.807, 2.05) is 17.0 Å². The van der Waals surface area contributed by atoms with E-state index >= 15 is 0 Å². The molecule has 1 unspecified atom stereocenters. The smallest absolute Gasteiger partial charge is 0.336 e. The first-order chi connectivity index (χ1) is 16.8. The van der Waals surface area contributed by atoms with Gasteiger partial charge in [0.05, 0.1) is 28.8 Å². The van der Waals surface area contributed by atoms with Crippen LogP contribution in [0, 0.1) is 0 Å². The van der Waals surface area contributed by atoms with Crippen molar-refractivity contribution < 1.29 is 19.1 Å². The molecule has 1 saturated heterocycles. The summed E-state index contributed by atoms with van der Waals surface area (Å²) in [6, 6.07) is 12.5. The largest absolute Gasteiger partial charge is 0.463 e. The topological polar surface area (TPSA) is 66.9 Å². The van der Waals surface area contributed by atoms with Gasteiger partial charge in [0.2, 0.25) is 5.91 Å². The Labute approximate surface area is 215 Å². The van der Waals surface area contributed by atoms with Crippen LogP contribution in [0.3, 0.4) is 0 Å². The number of nitrogens with zero attached hydrogens (tertiary/aromatic N) is 2. The molecule has 184 valence electrons. The maximum Gasteiger partial charge on any atom is 0.336 e. The number of esters is 1. The van der Waals surface area contributed by atoms with E-state index in [1.54, 1.807) is 49.1 Å². The van der Waals surface area contributed by atoms with Crippen LogP contribution in [0.15, 0.2) is 53.7 Å². The molecule has 0 saturated carbocycles. The molecule has 0 N–H and O–H groups in total. The summed E-state index contributed by atoms with van der Waals surface area (Å²) >= 11 is 12.3. The third-order valence-electron chi connectivity index (χ3n) is 6.60. The number of likely N-dealkylation sites (tertiary alicyclic amines) is 1. The summed E-state index contributed by atoms with van der Waals surface area (Å²) in [5.41, 5.74) is 3.23. The van der Waals surface area contributed by atoms with Gasteiger partial charge in [-0.1, -0.05) is 41.4 Å². The van der Waals surface area contributed by atoms with Crippen LogP contribution in [0.5, 0.6) is 0 Å². The first kappa shape index (κ1) is 25.3. The number of hydrogen-bond acceptors (Lipinski definition) is 4. The minimum absolute atomic E-state index is 0.0354. The maximum absolute atomic E-state index is 13.2. The Morgan fingerprint density at radius 2 is 1.71 bits per heavy atom. The summed E-state index contributed by atoms with van der Waals surface area (Å²) in [5.74, 6) is -1.00. The van der Waals surface area contributed by atoms with E-state index in [0.29, 0.717) is 33.4 Å². The standard InChI is InChI=1S/C27H28Cl2N2O4/c1-3-35-27(34)25-17(2)31(24(32)15-21(25)20-10-11-22(28)23(29)14-20)16-18-6-8-19(9-7-18)26(33)30-12-4-5-13-30/h6-11,14,21H,3-5,12-13,15-16H2,1-2H3. The van der Waals surface area contributed by atoms with Gasteiger partial charge < -0.3 is 14.5 Å². The van der Waals surface area contributed by atoms with E-state index in [9.17, 15) is 14.4 Å². The molecule has 0 radical (unpaired) electrons. The molecule has 6 nitrogen and oxygen atoms in total. The Hall–Kier alpha value is -2.83. The summed E-state index contributed by atoms with van der Waals surface area (Å²) in [6.45, 7) is 5.62. The normalized spacial score (nSPS) is 18.3. The van der Waals surface area contributed by atoms with Crippen LogP contribution in [0.25, 0.3) is 0 Å². The molecule has 0 spiro atoms. The highest BCUT2D eigenvalue weighted by Crippen LogP contribution is 2.39. The van der Waals surface area contributed by atoms with E-state index < -0.39 is 11.9 Å². The van der Waals surface area contributed by atoms with Gasteiger partial charge in [-0.25, -0.2) is 4.79 Å². The van der Waals surface area contributed by atoms with Gasteiger partial charge in [-0.3, -0.25) is 9.59 Å². The number of amides is 2. The second kappa shape index (κ2) is 10.8. The number of hydrogen-bond donors (Lipinski definition) is 0. The fourth-order valence-corrected chi connectivity index (χ4v) is 5.04. The van der Waals surface area contributed by atoms with E-state index in [0.717, 1.165) is 37.1 Å². The lowest BCUT2D eigenvalue weighted by atomic mass is 9.83. The van der Waals surface area contributed by atoms with Crippen LogP contribution < -0.4 is 0 Å². The SMILES string of the molecule is CCOC(=O)C1=C(C)N(Cc2ccc(C(=O)N3CCCC3)cc2)C(=O)CC1c1ccc(Cl)c(Cl)c1. The van der Waals surface area contributed by atoms with Gasteiger partial charge in [-0.15, -0.1) is 0 Å². The van der Waals surface area contributed by atoms with Crippen LogP contribution in [0.4, 0.5) is 0 Å². The number of rotatable bonds is 6. The molecule has 2 aromatic carbocycles. The summed E-state index contributed by atoms with van der Waals surface area (Å²) in [6.07, 6.45) is 2.19. The molecule has 0 bridgehead atoms. The number of carbonyl (C=O) groups is 3. The first-order valence-corrected chi connectivity index (χ1v) is 12.6. The quantitative estimate of drug-likeness (QED) is 0.471. The fourth-order valence-electron chi connectivity index (χ4n) is 4.73. The van der Waals surface area contributed by atoms with Crippen molar-refractivity contribution in [1.29, 1.82) is 0 Å². The molecule has 2 aliphatic heterocycles. The fraction of sp³-hybridized carbons (Fsp3) is 0.370. The van der Waals surface area contributed by atoms with Crippen molar-refractivity contribution in [2.75, 3.05) is 19.7 Å². The molecule has 1 atom stereocenters. The highest BCUT2D eigenvalue weighted by molar-refractivity contribution is 6.42. The molecule has 0 aliphatic carbocycles. The average Bonchev–Trinajstić information content (AvgIpc) is 3.38. The molecule has 0 aromatic heterocycles. The second-order valence-electron chi connectivity index (χ2n) is 8.83. The lowest BCUT2D eigenvalue weighted by Gasteiger charge is -2.34. The molecule has 1 fully saturated rings. The summed E-state index contributed by atoms with van der Waals surface area (Å²) in [4.78, 5) is 42.3. The molecule has 8 heteroatoms.